The number of nitrogens with zero attached hydrogens (tertiary/aromatic N) is 2. The second-order valence-corrected chi connectivity index (χ2v) is 7.26. The summed E-state index contributed by atoms with van der Waals surface area (Å²) in [5.41, 5.74) is -1.72. The maximum atomic E-state index is 11.1. The molecule has 0 fully saturated rings. The second-order valence-electron chi connectivity index (χ2n) is 3.25. The molecular formula is C6H10N2O6P2S. The summed E-state index contributed by atoms with van der Waals surface area (Å²) in [6.45, 7) is 0. The molecule has 0 saturated heterocycles. The molecule has 96 valence electrons. The van der Waals surface area contributed by atoms with E-state index in [0.717, 1.165) is 0 Å². The highest BCUT2D eigenvalue weighted by molar-refractivity contribution is 7.80. The molecule has 1 unspecified atom stereocenters. The summed E-state index contributed by atoms with van der Waals surface area (Å²) in [4.78, 5) is 43.2. The molecule has 0 aliphatic heterocycles. The van der Waals surface area contributed by atoms with Crippen LogP contribution in [0, 0.1) is 0 Å². The smallest absolute Gasteiger partial charge is 0.324 e. The van der Waals surface area contributed by atoms with Crippen molar-refractivity contribution in [3.05, 3.63) is 18.2 Å². The Bertz CT molecular complexity index is 482. The number of rotatable bonds is 4. The van der Waals surface area contributed by atoms with Crippen LogP contribution >= 0.6 is 27.8 Å². The summed E-state index contributed by atoms with van der Waals surface area (Å²) >= 11 is 3.89. The van der Waals surface area contributed by atoms with Crippen LogP contribution in [0.25, 0.3) is 0 Å². The van der Waals surface area contributed by atoms with E-state index in [4.69, 9.17) is 19.6 Å². The van der Waals surface area contributed by atoms with Crippen LogP contribution in [0.5, 0.6) is 0 Å². The van der Waals surface area contributed by atoms with E-state index in [0.29, 0.717) is 4.90 Å². The van der Waals surface area contributed by atoms with Crippen molar-refractivity contribution in [3.63, 3.8) is 0 Å². The average molecular weight is 300 g/mol. The Morgan fingerprint density at radius 3 is 2.00 bits per heavy atom. The first-order chi connectivity index (χ1) is 7.59. The van der Waals surface area contributed by atoms with Gasteiger partial charge in [-0.25, -0.2) is 9.97 Å². The molecule has 0 amide bonds. The summed E-state index contributed by atoms with van der Waals surface area (Å²) in [6.07, 6.45) is 1.37. The molecule has 4 N–H and O–H groups in total. The van der Waals surface area contributed by atoms with Crippen LogP contribution < -0.4 is 0 Å². The largest absolute Gasteiger partial charge is 0.336 e. The van der Waals surface area contributed by atoms with Crippen LogP contribution in [-0.4, -0.2) is 35.7 Å². The number of hydrogen-bond donors (Lipinski definition) is 5. The summed E-state index contributed by atoms with van der Waals surface area (Å²) in [5, 5.41) is 0. The number of thiol groups is 1. The first-order valence-electron chi connectivity index (χ1n) is 4.20. The van der Waals surface area contributed by atoms with Gasteiger partial charge in [-0.3, -0.25) is 9.13 Å². The molecule has 0 radical (unpaired) electrons. The van der Waals surface area contributed by atoms with Gasteiger partial charge in [0.2, 0.25) is 0 Å². The molecule has 0 bridgehead atoms. The fourth-order valence-electron chi connectivity index (χ4n) is 1.07. The van der Waals surface area contributed by atoms with Crippen molar-refractivity contribution in [2.24, 2.45) is 0 Å². The van der Waals surface area contributed by atoms with E-state index in [1.807, 2.05) is 0 Å². The molecule has 17 heavy (non-hydrogen) atoms. The Hall–Kier alpha value is -0.270. The van der Waals surface area contributed by atoms with Crippen LogP contribution in [0.4, 0.5) is 0 Å². The Morgan fingerprint density at radius 2 is 1.65 bits per heavy atom. The Balaban J connectivity index is 3.12. The molecule has 1 atom stereocenters. The zero-order valence-electron chi connectivity index (χ0n) is 8.28. The van der Waals surface area contributed by atoms with Crippen molar-refractivity contribution in [3.8, 4) is 0 Å². The van der Waals surface area contributed by atoms with Gasteiger partial charge in [-0.2, -0.15) is 0 Å². The lowest BCUT2D eigenvalue weighted by molar-refractivity contribution is 0.345. The number of hydrogen-bond acceptors (Lipinski definition) is 5. The fourth-order valence-corrected chi connectivity index (χ4v) is 3.72. The normalized spacial score (nSPS) is 14.6. The number of aromatic nitrogens is 2. The highest BCUT2D eigenvalue weighted by atomic mass is 32.1. The zero-order valence-corrected chi connectivity index (χ0v) is 11.0. The van der Waals surface area contributed by atoms with Gasteiger partial charge in [-0.05, 0) is 0 Å². The molecule has 1 heterocycles. The first-order valence-corrected chi connectivity index (χ1v) is 8.13. The summed E-state index contributed by atoms with van der Waals surface area (Å²) < 4.78 is 22.0. The SMILES string of the molecule is O=P(O)(O)CC(c1ncc(S)cn1)P(=O)(O)O. The molecule has 0 aliphatic rings. The van der Waals surface area contributed by atoms with Crippen LogP contribution in [-0.2, 0) is 9.13 Å². The van der Waals surface area contributed by atoms with Crippen LogP contribution in [0.3, 0.4) is 0 Å². The lowest BCUT2D eigenvalue weighted by Crippen LogP contribution is -2.10. The van der Waals surface area contributed by atoms with Crippen molar-refractivity contribution in [1.29, 1.82) is 0 Å². The van der Waals surface area contributed by atoms with Crippen LogP contribution in [0.1, 0.15) is 11.5 Å². The Morgan fingerprint density at radius 1 is 1.18 bits per heavy atom. The van der Waals surface area contributed by atoms with Gasteiger partial charge in [-0.15, -0.1) is 12.6 Å². The molecule has 11 heteroatoms. The Kier molecular flexibility index (Phi) is 4.49. The molecule has 0 saturated carbocycles. The maximum absolute atomic E-state index is 11.1. The molecule has 0 aromatic carbocycles. The van der Waals surface area contributed by atoms with Gasteiger partial charge in [0.1, 0.15) is 11.5 Å². The average Bonchev–Trinajstić information content (AvgIpc) is 2.13. The van der Waals surface area contributed by atoms with Gasteiger partial charge in [0.25, 0.3) is 0 Å². The van der Waals surface area contributed by atoms with E-state index in [1.54, 1.807) is 0 Å². The predicted octanol–water partition coefficient (Wildman–Crippen LogP) is 0.162. The topological polar surface area (TPSA) is 141 Å². The highest BCUT2D eigenvalue weighted by Gasteiger charge is 2.38. The van der Waals surface area contributed by atoms with E-state index in [-0.39, 0.29) is 5.82 Å². The summed E-state index contributed by atoms with van der Waals surface area (Å²) in [6, 6.07) is 0. The maximum Gasteiger partial charge on any atom is 0.336 e. The van der Waals surface area contributed by atoms with E-state index >= 15 is 0 Å². The van der Waals surface area contributed by atoms with E-state index < -0.39 is 27.0 Å². The minimum absolute atomic E-state index is 0.320. The predicted molar refractivity (Wildman–Crippen MR) is 61.0 cm³/mol. The third kappa shape index (κ3) is 4.85. The summed E-state index contributed by atoms with van der Waals surface area (Å²) in [7, 11) is -9.34. The fraction of sp³-hybridized carbons (Fsp3) is 0.333. The van der Waals surface area contributed by atoms with E-state index in [2.05, 4.69) is 22.6 Å². The van der Waals surface area contributed by atoms with Gasteiger partial charge in [0.15, 0.2) is 0 Å². The van der Waals surface area contributed by atoms with E-state index in [9.17, 15) is 9.13 Å². The van der Waals surface area contributed by atoms with E-state index in [1.165, 1.54) is 12.4 Å². The molecule has 8 nitrogen and oxygen atoms in total. The lowest BCUT2D eigenvalue weighted by atomic mass is 10.4. The Labute approximate surface area is 102 Å². The van der Waals surface area contributed by atoms with Crippen LogP contribution in [0.2, 0.25) is 0 Å². The molecule has 0 spiro atoms. The van der Waals surface area contributed by atoms with Gasteiger partial charge >= 0.3 is 15.2 Å². The van der Waals surface area contributed by atoms with Crippen molar-refractivity contribution in [1.82, 2.24) is 9.97 Å². The summed E-state index contributed by atoms with van der Waals surface area (Å²) in [5.74, 6) is -0.320. The van der Waals surface area contributed by atoms with Gasteiger partial charge in [-0.1, -0.05) is 0 Å². The van der Waals surface area contributed by atoms with Gasteiger partial charge in [0, 0.05) is 17.3 Å². The molecule has 0 aliphatic carbocycles. The van der Waals surface area contributed by atoms with Crippen molar-refractivity contribution >= 4 is 27.8 Å². The van der Waals surface area contributed by atoms with Gasteiger partial charge < -0.3 is 19.6 Å². The van der Waals surface area contributed by atoms with Gasteiger partial charge in [0.05, 0.1) is 6.16 Å². The zero-order chi connectivity index (χ0) is 13.3. The van der Waals surface area contributed by atoms with Crippen LogP contribution in [0.15, 0.2) is 17.3 Å². The van der Waals surface area contributed by atoms with Crippen molar-refractivity contribution in [2.75, 3.05) is 6.16 Å². The minimum Gasteiger partial charge on any atom is -0.324 e. The van der Waals surface area contributed by atoms with Crippen molar-refractivity contribution in [2.45, 2.75) is 10.6 Å². The first kappa shape index (κ1) is 14.8. The van der Waals surface area contributed by atoms with Crippen molar-refractivity contribution < 1.29 is 28.7 Å². The quantitative estimate of drug-likeness (QED) is 0.391. The molecule has 1 aromatic heterocycles. The highest BCUT2D eigenvalue weighted by Crippen LogP contribution is 2.56. The molecule has 1 aromatic rings. The lowest BCUT2D eigenvalue weighted by Gasteiger charge is -2.17. The minimum atomic E-state index is -4.75. The third-order valence-corrected chi connectivity index (χ3v) is 4.36. The second kappa shape index (κ2) is 5.16. The monoisotopic (exact) mass is 300 g/mol. The third-order valence-electron chi connectivity index (χ3n) is 1.77. The molecule has 1 rings (SSSR count). The molecular weight excluding hydrogens is 290 g/mol. The standard InChI is InChI=1S/C6H10N2O6P2S/c9-15(10,11)3-5(16(12,13)14)6-7-1-4(17)2-8-6/h1-2,5,17H,3H2,(H2,9,10,11)(H2,12,13,14).